The summed E-state index contributed by atoms with van der Waals surface area (Å²) in [5.41, 5.74) is 0. The minimum atomic E-state index is -5.38. The summed E-state index contributed by atoms with van der Waals surface area (Å²) in [5.74, 6) is 0. The van der Waals surface area contributed by atoms with Crippen LogP contribution in [0.25, 0.3) is 10.8 Å². The van der Waals surface area contributed by atoms with Crippen molar-refractivity contribution in [3.63, 3.8) is 0 Å². The van der Waals surface area contributed by atoms with Crippen LogP contribution in [-0.2, 0) is 24.5 Å². The maximum absolute atomic E-state index is 8.69. The Hall–Kier alpha value is -1.42. The summed E-state index contributed by atoms with van der Waals surface area (Å²) < 4.78 is 33.1. The Balaban J connectivity index is 0.000000195. The maximum atomic E-state index is 8.69. The average Bonchev–Trinajstić information content (AvgIpc) is 2.16. The monoisotopic (exact) mass is 248 g/mol. The molecular weight excluding hydrogens is 239 g/mol. The number of hydrogen-bond acceptors (Lipinski definition) is 3. The Morgan fingerprint density at radius 3 is 1.13 bits per heavy atom. The minimum absolute atomic E-state index is 1.31. The third kappa shape index (κ3) is 5.12. The van der Waals surface area contributed by atoms with E-state index in [4.69, 9.17) is 15.7 Å². The molecule has 1 N–H and O–H groups in total. The number of fused-ring (bicyclic) bond motifs is 1. The summed E-state index contributed by atoms with van der Waals surface area (Å²) in [7, 11) is 0. The maximum Gasteiger partial charge on any atom is -0.0184 e. The van der Waals surface area contributed by atoms with Gasteiger partial charge in [-0.2, -0.15) is 0 Å². The van der Waals surface area contributed by atoms with E-state index in [0.717, 1.165) is 0 Å². The van der Waals surface area contributed by atoms with Crippen molar-refractivity contribution in [3.8, 4) is 0 Å². The molecule has 0 bridgehead atoms. The van der Waals surface area contributed by atoms with Gasteiger partial charge in [0.15, 0.2) is 0 Å². The molecule has 0 fully saturated rings. The predicted octanol–water partition coefficient (Wildman–Crippen LogP) is 1.92. The van der Waals surface area contributed by atoms with Gasteiger partial charge in [-0.1, -0.05) is 48.5 Å². The summed E-state index contributed by atoms with van der Waals surface area (Å²) in [6.07, 6.45) is 0. The second kappa shape index (κ2) is 4.89. The first-order chi connectivity index (χ1) is 6.97. The first kappa shape index (κ1) is 11.7. The summed E-state index contributed by atoms with van der Waals surface area (Å²) in [6.45, 7) is 0. The molecule has 80 valence electrons. The predicted molar refractivity (Wildman–Crippen MR) is 48.2 cm³/mol. The summed E-state index contributed by atoms with van der Waals surface area (Å²) in [5, 5.41) is 2.62. The van der Waals surface area contributed by atoms with Crippen LogP contribution in [0, 0.1) is 0 Å². The van der Waals surface area contributed by atoms with Crippen molar-refractivity contribution >= 4 is 10.8 Å². The Kier molecular flexibility index (Phi) is 3.80. The van der Waals surface area contributed by atoms with Gasteiger partial charge >= 0.3 is 28.7 Å². The van der Waals surface area contributed by atoms with Gasteiger partial charge in [-0.05, 0) is 10.8 Å². The zero-order chi connectivity index (χ0) is 11.3. The average molecular weight is 248 g/mol. The van der Waals surface area contributed by atoms with Crippen LogP contribution in [0.4, 0.5) is 0 Å². The second-order valence-corrected chi connectivity index (χ2v) is 3.98. The number of rotatable bonds is 0. The van der Waals surface area contributed by atoms with Crippen LogP contribution in [0.15, 0.2) is 48.5 Å². The van der Waals surface area contributed by atoms with Crippen molar-refractivity contribution < 1.29 is 28.7 Å². The molecule has 2 aromatic carbocycles. The van der Waals surface area contributed by atoms with Crippen molar-refractivity contribution in [1.82, 2.24) is 0 Å². The van der Waals surface area contributed by atoms with Gasteiger partial charge in [0.1, 0.15) is 0 Å². The van der Waals surface area contributed by atoms with Crippen LogP contribution >= 0.6 is 0 Å². The van der Waals surface area contributed by atoms with E-state index in [9.17, 15) is 0 Å². The van der Waals surface area contributed by atoms with Crippen molar-refractivity contribution in [2.75, 3.05) is 0 Å². The van der Waals surface area contributed by atoms with Crippen LogP contribution < -0.4 is 0 Å². The van der Waals surface area contributed by atoms with E-state index >= 15 is 0 Å². The van der Waals surface area contributed by atoms with Crippen LogP contribution in [0.5, 0.6) is 0 Å². The van der Waals surface area contributed by atoms with Crippen molar-refractivity contribution in [2.24, 2.45) is 0 Å². The normalized spacial score (nSPS) is 10.5. The topological polar surface area (TPSA) is 71.4 Å². The molecule has 0 unspecified atom stereocenters. The molecule has 2 rings (SSSR count). The first-order valence-corrected chi connectivity index (χ1v) is 6.01. The van der Waals surface area contributed by atoms with Crippen LogP contribution in [0.2, 0.25) is 0 Å². The van der Waals surface area contributed by atoms with Crippen molar-refractivity contribution in [3.05, 3.63) is 48.5 Å². The Morgan fingerprint density at radius 1 is 0.733 bits per heavy atom. The van der Waals surface area contributed by atoms with E-state index in [1.165, 1.54) is 10.8 Å². The first-order valence-electron chi connectivity index (χ1n) is 4.04. The zero-order valence-corrected chi connectivity index (χ0v) is 8.85. The number of benzene rings is 2. The summed E-state index contributed by atoms with van der Waals surface area (Å²) in [6, 6.07) is 16.7. The Bertz CT molecular complexity index is 517. The molecule has 0 heterocycles. The second-order valence-electron chi connectivity index (χ2n) is 2.74. The van der Waals surface area contributed by atoms with Gasteiger partial charge in [-0.3, -0.25) is 0 Å². The van der Waals surface area contributed by atoms with Gasteiger partial charge in [0, 0.05) is 0 Å². The van der Waals surface area contributed by atoms with E-state index in [-0.39, 0.29) is 0 Å². The van der Waals surface area contributed by atoms with E-state index in [1.54, 1.807) is 0 Å². The van der Waals surface area contributed by atoms with Crippen molar-refractivity contribution in [2.45, 2.75) is 0 Å². The molecule has 4 nitrogen and oxygen atoms in total. The van der Waals surface area contributed by atoms with Gasteiger partial charge < -0.3 is 0 Å². The molecule has 5 heteroatoms. The minimum Gasteiger partial charge on any atom is -0.0616 e. The van der Waals surface area contributed by atoms with Crippen LogP contribution in [0.1, 0.15) is 0 Å². The molecule has 0 aliphatic carbocycles. The molecule has 0 aliphatic heterocycles. The van der Waals surface area contributed by atoms with Gasteiger partial charge in [0.25, 0.3) is 0 Å². The third-order valence-corrected chi connectivity index (χ3v) is 1.66. The van der Waals surface area contributed by atoms with Gasteiger partial charge in [0.2, 0.25) is 0 Å². The standard InChI is InChI=1S/C10H8.Mn.H2O.3O/c1-2-6-10-8-4-3-7-9(10)5-1;;;;;/h1-8H;;1H2;;;/q;+1;;;;/p-1. The van der Waals surface area contributed by atoms with Gasteiger partial charge in [-0.25, -0.2) is 0 Å². The molecule has 0 aliphatic rings. The zero-order valence-electron chi connectivity index (χ0n) is 7.67. The van der Waals surface area contributed by atoms with Gasteiger partial charge in [0.05, 0.1) is 0 Å². The van der Waals surface area contributed by atoms with Crippen molar-refractivity contribution in [1.29, 1.82) is 0 Å². The molecule has 2 aromatic rings. The molecule has 0 spiro atoms. The third-order valence-electron chi connectivity index (χ3n) is 1.66. The largest absolute Gasteiger partial charge is 0.0616 e. The smallest absolute Gasteiger partial charge is 0.0184 e. The Morgan fingerprint density at radius 2 is 0.933 bits per heavy atom. The summed E-state index contributed by atoms with van der Waals surface area (Å²) in [4.78, 5) is 0. The molecular formula is C10H9MnO4. The molecule has 0 radical (unpaired) electrons. The molecule has 0 aromatic heterocycles. The summed E-state index contributed by atoms with van der Waals surface area (Å²) >= 11 is -5.38. The molecule has 0 amide bonds. The van der Waals surface area contributed by atoms with Gasteiger partial charge in [-0.15, -0.1) is 0 Å². The fourth-order valence-corrected chi connectivity index (χ4v) is 1.13. The fraction of sp³-hybridized carbons (Fsp3) is 0. The fourth-order valence-electron chi connectivity index (χ4n) is 1.13. The van der Waals surface area contributed by atoms with E-state index in [0.29, 0.717) is 0 Å². The molecule has 0 saturated heterocycles. The SMILES string of the molecule is [O]=[Mn](=[O])(=[O])[OH].c1ccc2ccccc2c1. The number of hydrogen-bond donors (Lipinski definition) is 1. The molecule has 0 saturated carbocycles. The Labute approximate surface area is 88.3 Å². The van der Waals surface area contributed by atoms with E-state index < -0.39 is 13.0 Å². The van der Waals surface area contributed by atoms with E-state index in [1.807, 2.05) is 0 Å². The van der Waals surface area contributed by atoms with Crippen LogP contribution in [0.3, 0.4) is 0 Å². The quantitative estimate of drug-likeness (QED) is 0.723. The molecule has 0 atom stereocenters. The van der Waals surface area contributed by atoms with E-state index in [2.05, 4.69) is 48.5 Å². The molecule has 15 heavy (non-hydrogen) atoms. The van der Waals surface area contributed by atoms with Crippen LogP contribution in [-0.4, -0.2) is 4.19 Å².